The molecule has 19 heteroatoms. The first kappa shape index (κ1) is 89.1. The molecule has 8 atom stereocenters. The zero-order valence-corrected chi connectivity index (χ0v) is 61.3. The third kappa shape index (κ3) is 62.6. The molecular formula is C72H140O17P2. The van der Waals surface area contributed by atoms with Gasteiger partial charge in [0.25, 0.3) is 0 Å². The Labute approximate surface area is 556 Å². The van der Waals surface area contributed by atoms with Gasteiger partial charge in [0.2, 0.25) is 0 Å². The Bertz CT molecular complexity index is 1800. The number of ether oxygens (including phenoxy) is 4. The Morgan fingerprint density at radius 2 is 0.527 bits per heavy atom. The fourth-order valence-corrected chi connectivity index (χ4v) is 12.3. The van der Waals surface area contributed by atoms with Gasteiger partial charge in [-0.3, -0.25) is 37.3 Å². The average Bonchev–Trinajstić information content (AvgIpc) is 3.62. The van der Waals surface area contributed by atoms with Crippen LogP contribution in [0.15, 0.2) is 0 Å². The first-order chi connectivity index (χ1) is 43.7. The summed E-state index contributed by atoms with van der Waals surface area (Å²) in [7, 11) is -9.91. The highest BCUT2D eigenvalue weighted by molar-refractivity contribution is 7.47. The van der Waals surface area contributed by atoms with Gasteiger partial charge in [0, 0.05) is 25.7 Å². The Hall–Kier alpha value is -1.94. The summed E-state index contributed by atoms with van der Waals surface area (Å²) in [5.74, 6) is 0.943. The molecule has 17 nitrogen and oxygen atoms in total. The van der Waals surface area contributed by atoms with Gasteiger partial charge in [-0.05, 0) is 49.4 Å². The predicted octanol–water partition coefficient (Wildman–Crippen LogP) is 20.5. The maximum atomic E-state index is 13.0. The number of phosphoric ester groups is 2. The summed E-state index contributed by atoms with van der Waals surface area (Å²) in [5.41, 5.74) is 0. The number of unbranched alkanes of at least 4 members (excludes halogenated alkanes) is 32. The highest BCUT2D eigenvalue weighted by Crippen LogP contribution is 2.45. The van der Waals surface area contributed by atoms with Crippen LogP contribution in [0.4, 0.5) is 0 Å². The number of aliphatic hydroxyl groups excluding tert-OH is 1. The molecule has 0 amide bonds. The number of carbonyl (C=O) groups is 4. The molecule has 0 aliphatic carbocycles. The number of aliphatic hydroxyl groups is 1. The van der Waals surface area contributed by atoms with Crippen molar-refractivity contribution >= 4 is 39.5 Å². The largest absolute Gasteiger partial charge is 0.472 e. The third-order valence-electron chi connectivity index (χ3n) is 17.7. The molecule has 0 aliphatic heterocycles. The van der Waals surface area contributed by atoms with Crippen LogP contribution in [0, 0.1) is 23.7 Å². The van der Waals surface area contributed by atoms with E-state index in [1.165, 1.54) is 154 Å². The maximum absolute atomic E-state index is 13.0. The van der Waals surface area contributed by atoms with E-state index in [1.807, 2.05) is 0 Å². The average molecular weight is 1340 g/mol. The molecule has 0 radical (unpaired) electrons. The summed E-state index contributed by atoms with van der Waals surface area (Å²) in [6.07, 6.45) is 44.4. The lowest BCUT2D eigenvalue weighted by atomic mass is 9.99. The van der Waals surface area contributed by atoms with Crippen LogP contribution in [0.3, 0.4) is 0 Å². The number of carbonyl (C=O) groups excluding carboxylic acids is 4. The van der Waals surface area contributed by atoms with Crippen molar-refractivity contribution in [3.05, 3.63) is 0 Å². The molecule has 6 unspecified atom stereocenters. The second kappa shape index (κ2) is 61.6. The summed E-state index contributed by atoms with van der Waals surface area (Å²) < 4.78 is 68.3. The second-order valence-electron chi connectivity index (χ2n) is 27.2. The van der Waals surface area contributed by atoms with E-state index in [0.717, 1.165) is 120 Å². The quantitative estimate of drug-likeness (QED) is 0.0222. The lowest BCUT2D eigenvalue weighted by Crippen LogP contribution is -2.30. The molecule has 0 aromatic heterocycles. The number of esters is 4. The van der Waals surface area contributed by atoms with Gasteiger partial charge in [0.15, 0.2) is 12.2 Å². The fraction of sp³-hybridized carbons (Fsp3) is 0.944. The highest BCUT2D eigenvalue weighted by atomic mass is 31.2. The molecule has 0 saturated heterocycles. The van der Waals surface area contributed by atoms with Crippen LogP contribution < -0.4 is 0 Å². The van der Waals surface area contributed by atoms with Crippen molar-refractivity contribution in [2.24, 2.45) is 23.7 Å². The van der Waals surface area contributed by atoms with E-state index in [9.17, 15) is 43.2 Å². The van der Waals surface area contributed by atoms with Crippen molar-refractivity contribution in [3.8, 4) is 0 Å². The van der Waals surface area contributed by atoms with Gasteiger partial charge in [-0.25, -0.2) is 9.13 Å². The van der Waals surface area contributed by atoms with Gasteiger partial charge in [0.1, 0.15) is 19.3 Å². The predicted molar refractivity (Wildman–Crippen MR) is 367 cm³/mol. The minimum absolute atomic E-state index is 0.104. The Morgan fingerprint density at radius 1 is 0.308 bits per heavy atom. The molecule has 3 N–H and O–H groups in total. The Balaban J connectivity index is 5.24. The first-order valence-electron chi connectivity index (χ1n) is 37.3. The monoisotopic (exact) mass is 1340 g/mol. The Kier molecular flexibility index (Phi) is 60.3. The fourth-order valence-electron chi connectivity index (χ4n) is 10.7. The van der Waals surface area contributed by atoms with Crippen molar-refractivity contribution in [2.45, 2.75) is 375 Å². The molecule has 0 rings (SSSR count). The molecule has 0 saturated carbocycles. The van der Waals surface area contributed by atoms with E-state index < -0.39 is 97.5 Å². The molecule has 0 aromatic carbocycles. The van der Waals surface area contributed by atoms with Gasteiger partial charge in [-0.15, -0.1) is 0 Å². The second-order valence-corrected chi connectivity index (χ2v) is 30.1. The lowest BCUT2D eigenvalue weighted by Gasteiger charge is -2.21. The van der Waals surface area contributed by atoms with Crippen molar-refractivity contribution in [1.82, 2.24) is 0 Å². The summed E-state index contributed by atoms with van der Waals surface area (Å²) in [4.78, 5) is 72.6. The van der Waals surface area contributed by atoms with E-state index in [4.69, 9.17) is 37.0 Å². The van der Waals surface area contributed by atoms with E-state index in [0.29, 0.717) is 25.7 Å². The number of rotatable bonds is 69. The zero-order chi connectivity index (χ0) is 67.5. The number of phosphoric acid groups is 2. The molecule has 0 spiro atoms. The minimum Gasteiger partial charge on any atom is -0.462 e. The summed E-state index contributed by atoms with van der Waals surface area (Å²) in [5, 5.41) is 10.6. The molecule has 0 aromatic rings. The van der Waals surface area contributed by atoms with Crippen LogP contribution in [0.1, 0.15) is 357 Å². The van der Waals surface area contributed by atoms with Crippen LogP contribution in [0.5, 0.6) is 0 Å². The lowest BCUT2D eigenvalue weighted by molar-refractivity contribution is -0.161. The first-order valence-corrected chi connectivity index (χ1v) is 40.3. The summed E-state index contributed by atoms with van der Waals surface area (Å²) >= 11 is 0. The van der Waals surface area contributed by atoms with Crippen LogP contribution in [-0.4, -0.2) is 96.7 Å². The van der Waals surface area contributed by atoms with Crippen molar-refractivity contribution in [2.75, 3.05) is 39.6 Å². The topological polar surface area (TPSA) is 237 Å². The van der Waals surface area contributed by atoms with E-state index in [-0.39, 0.29) is 25.7 Å². The SMILES string of the molecule is CCC(C)CCCCCCCCCCCCCCCCC(=O)O[C@H](COC(=O)CCCCCCCCC(C)CC)COP(=O)(O)OCC(O)COP(=O)(O)OC[C@@H](COC(=O)CCCCCCCCCCC(C)C)OC(=O)CCCCCCCCCCC(C)CC. The minimum atomic E-state index is -4.95. The summed E-state index contributed by atoms with van der Waals surface area (Å²) in [6, 6.07) is 0. The highest BCUT2D eigenvalue weighted by Gasteiger charge is 2.30. The summed E-state index contributed by atoms with van der Waals surface area (Å²) in [6.45, 7) is 14.1. The maximum Gasteiger partial charge on any atom is 0.472 e. The molecular weight excluding hydrogens is 1200 g/mol. The van der Waals surface area contributed by atoms with Gasteiger partial charge in [-0.2, -0.15) is 0 Å². The Morgan fingerprint density at radius 3 is 0.780 bits per heavy atom. The molecule has 91 heavy (non-hydrogen) atoms. The van der Waals surface area contributed by atoms with Crippen LogP contribution in [0.2, 0.25) is 0 Å². The van der Waals surface area contributed by atoms with Gasteiger partial charge >= 0.3 is 39.5 Å². The smallest absolute Gasteiger partial charge is 0.462 e. The molecule has 0 aliphatic rings. The van der Waals surface area contributed by atoms with Crippen LogP contribution >= 0.6 is 15.6 Å². The normalized spacial score (nSPS) is 15.1. The van der Waals surface area contributed by atoms with E-state index in [1.54, 1.807) is 0 Å². The van der Waals surface area contributed by atoms with Gasteiger partial charge in [0.05, 0.1) is 26.4 Å². The van der Waals surface area contributed by atoms with Crippen LogP contribution in [0.25, 0.3) is 0 Å². The van der Waals surface area contributed by atoms with E-state index in [2.05, 4.69) is 55.4 Å². The number of hydrogen-bond acceptors (Lipinski definition) is 15. The standard InChI is InChI=1S/C72H140O17P2/c1-9-63(6)49-41-33-25-18-16-14-12-13-15-17-19-28-38-46-54-71(76)88-68(59-83-70(75)53-45-37-31-30-35-43-51-65(8)11-3)61-87-91(80,81)85-57-66(73)56-84-90(78,79)86-60-67(58-82-69(74)52-44-36-27-22-20-24-32-40-48-62(4)5)89-72(77)55-47-39-29-23-21-26-34-42-50-64(7)10-2/h62-68,73H,9-61H2,1-8H3,(H,78,79)(H,80,81)/t63?,64?,65?,66?,67-,68-/m1/s1. The van der Waals surface area contributed by atoms with E-state index >= 15 is 0 Å². The van der Waals surface area contributed by atoms with Crippen molar-refractivity contribution < 1.29 is 80.2 Å². The van der Waals surface area contributed by atoms with Crippen molar-refractivity contribution in [1.29, 1.82) is 0 Å². The third-order valence-corrected chi connectivity index (χ3v) is 19.6. The number of hydrogen-bond donors (Lipinski definition) is 3. The molecule has 0 fully saturated rings. The van der Waals surface area contributed by atoms with Gasteiger partial charge < -0.3 is 33.8 Å². The van der Waals surface area contributed by atoms with Gasteiger partial charge in [-0.1, -0.05) is 306 Å². The zero-order valence-electron chi connectivity index (χ0n) is 59.5. The van der Waals surface area contributed by atoms with Crippen molar-refractivity contribution in [3.63, 3.8) is 0 Å². The van der Waals surface area contributed by atoms with Crippen LogP contribution in [-0.2, 0) is 65.4 Å². The molecule has 540 valence electrons. The molecule has 0 heterocycles. The molecule has 0 bridgehead atoms.